The van der Waals surface area contributed by atoms with Gasteiger partial charge < -0.3 is 10.6 Å². The van der Waals surface area contributed by atoms with E-state index >= 15 is 0 Å². The van der Waals surface area contributed by atoms with Crippen LogP contribution < -0.4 is 10.6 Å². The molecule has 0 aliphatic carbocycles. The van der Waals surface area contributed by atoms with Crippen LogP contribution in [-0.2, 0) is 11.3 Å². The lowest BCUT2D eigenvalue weighted by molar-refractivity contribution is -0.124. The van der Waals surface area contributed by atoms with Gasteiger partial charge in [0.2, 0.25) is 5.91 Å². The van der Waals surface area contributed by atoms with E-state index in [0.29, 0.717) is 12.5 Å². The minimum Gasteiger partial charge on any atom is -0.353 e. The van der Waals surface area contributed by atoms with Crippen molar-refractivity contribution in [2.75, 3.05) is 13.1 Å². The lowest BCUT2D eigenvalue weighted by Crippen LogP contribution is -2.48. The van der Waals surface area contributed by atoms with Gasteiger partial charge in [-0.25, -0.2) is 0 Å². The first-order valence-corrected chi connectivity index (χ1v) is 6.24. The summed E-state index contributed by atoms with van der Waals surface area (Å²) in [5.41, 5.74) is 0. The molecule has 1 amide bonds. The number of amides is 1. The maximum Gasteiger partial charge on any atom is 0.237 e. The molecule has 1 aliphatic rings. The number of aromatic nitrogens is 2. The Labute approximate surface area is 102 Å². The van der Waals surface area contributed by atoms with Gasteiger partial charge in [0.05, 0.1) is 12.6 Å². The van der Waals surface area contributed by atoms with Gasteiger partial charge in [0.1, 0.15) is 0 Å². The molecule has 0 saturated carbocycles. The molecule has 1 aromatic rings. The predicted octanol–water partition coefficient (Wildman–Crippen LogP) is 0.387. The number of nitrogens with one attached hydrogen (secondary N) is 2. The Morgan fingerprint density at radius 2 is 2.53 bits per heavy atom. The first kappa shape index (κ1) is 12.1. The van der Waals surface area contributed by atoms with Crippen LogP contribution in [0.3, 0.4) is 0 Å². The van der Waals surface area contributed by atoms with Crippen molar-refractivity contribution in [1.82, 2.24) is 20.4 Å². The van der Waals surface area contributed by atoms with Gasteiger partial charge in [-0.05, 0) is 31.4 Å². The van der Waals surface area contributed by atoms with Crippen LogP contribution in [-0.4, -0.2) is 34.8 Å². The van der Waals surface area contributed by atoms with Crippen LogP contribution in [0.5, 0.6) is 0 Å². The second-order valence-electron chi connectivity index (χ2n) is 4.70. The lowest BCUT2D eigenvalue weighted by atomic mass is 9.94. The summed E-state index contributed by atoms with van der Waals surface area (Å²) in [6.07, 6.45) is 5.74. The molecule has 0 aromatic carbocycles. The Balaban J connectivity index is 1.70. The molecule has 1 aliphatic heterocycles. The van der Waals surface area contributed by atoms with E-state index in [2.05, 4.69) is 22.7 Å². The fourth-order valence-electron chi connectivity index (χ4n) is 2.16. The van der Waals surface area contributed by atoms with Gasteiger partial charge in [-0.1, -0.05) is 6.92 Å². The van der Waals surface area contributed by atoms with Crippen molar-refractivity contribution < 1.29 is 4.79 Å². The zero-order valence-corrected chi connectivity index (χ0v) is 10.2. The predicted molar refractivity (Wildman–Crippen MR) is 65.4 cm³/mol. The van der Waals surface area contributed by atoms with Crippen molar-refractivity contribution in [2.45, 2.75) is 32.4 Å². The number of rotatable bonds is 4. The first-order chi connectivity index (χ1) is 8.25. The number of nitrogens with zero attached hydrogens (tertiary/aromatic N) is 2. The van der Waals surface area contributed by atoms with E-state index in [0.717, 1.165) is 25.9 Å². The number of carbonyl (C=O) groups excluding carboxylic acids is 1. The summed E-state index contributed by atoms with van der Waals surface area (Å²) >= 11 is 0. The summed E-state index contributed by atoms with van der Waals surface area (Å²) in [7, 11) is 0. The Kier molecular flexibility index (Phi) is 4.14. The van der Waals surface area contributed by atoms with E-state index in [1.54, 1.807) is 6.20 Å². The molecule has 5 nitrogen and oxygen atoms in total. The molecule has 94 valence electrons. The molecule has 1 fully saturated rings. The summed E-state index contributed by atoms with van der Waals surface area (Å²) in [5.74, 6) is 0.752. The molecule has 0 bridgehead atoms. The normalized spacial score (nSPS) is 24.5. The molecule has 2 N–H and O–H groups in total. The fourth-order valence-corrected chi connectivity index (χ4v) is 2.16. The van der Waals surface area contributed by atoms with Crippen LogP contribution in [0.15, 0.2) is 18.5 Å². The van der Waals surface area contributed by atoms with Gasteiger partial charge in [0, 0.05) is 18.9 Å². The van der Waals surface area contributed by atoms with Crippen molar-refractivity contribution in [1.29, 1.82) is 0 Å². The van der Waals surface area contributed by atoms with Crippen LogP contribution >= 0.6 is 0 Å². The van der Waals surface area contributed by atoms with Crippen molar-refractivity contribution >= 4 is 5.91 Å². The summed E-state index contributed by atoms with van der Waals surface area (Å²) in [6.45, 7) is 4.50. The highest BCUT2D eigenvalue weighted by Gasteiger charge is 2.23. The Morgan fingerprint density at radius 1 is 1.65 bits per heavy atom. The third-order valence-electron chi connectivity index (χ3n) is 3.18. The second-order valence-corrected chi connectivity index (χ2v) is 4.70. The minimum atomic E-state index is -0.0172. The fraction of sp³-hybridized carbons (Fsp3) is 0.667. The Hall–Kier alpha value is -1.36. The SMILES string of the molecule is CC1CCNC(C(=O)NCCn2cccn2)C1. The third-order valence-corrected chi connectivity index (χ3v) is 3.18. The van der Waals surface area contributed by atoms with Gasteiger partial charge in [-0.15, -0.1) is 0 Å². The Morgan fingerprint density at radius 3 is 3.24 bits per heavy atom. The van der Waals surface area contributed by atoms with Gasteiger partial charge in [0.15, 0.2) is 0 Å². The maximum absolute atomic E-state index is 11.9. The van der Waals surface area contributed by atoms with E-state index in [1.165, 1.54) is 0 Å². The zero-order chi connectivity index (χ0) is 12.1. The molecule has 17 heavy (non-hydrogen) atoms. The monoisotopic (exact) mass is 236 g/mol. The average Bonchev–Trinajstić information content (AvgIpc) is 2.82. The van der Waals surface area contributed by atoms with Gasteiger partial charge in [0.25, 0.3) is 0 Å². The highest BCUT2D eigenvalue weighted by Crippen LogP contribution is 2.14. The van der Waals surface area contributed by atoms with E-state index in [4.69, 9.17) is 0 Å². The Bertz CT molecular complexity index is 349. The van der Waals surface area contributed by atoms with E-state index < -0.39 is 0 Å². The number of hydrogen-bond acceptors (Lipinski definition) is 3. The molecular formula is C12H20N4O. The highest BCUT2D eigenvalue weighted by atomic mass is 16.2. The van der Waals surface area contributed by atoms with Crippen molar-refractivity contribution in [3.05, 3.63) is 18.5 Å². The van der Waals surface area contributed by atoms with E-state index in [9.17, 15) is 4.79 Å². The van der Waals surface area contributed by atoms with Crippen LogP contribution in [0, 0.1) is 5.92 Å². The average molecular weight is 236 g/mol. The molecular weight excluding hydrogens is 216 g/mol. The van der Waals surface area contributed by atoms with Gasteiger partial charge in [-0.2, -0.15) is 5.10 Å². The standard InChI is InChI=1S/C12H20N4O/c1-10-3-5-13-11(9-10)12(17)14-6-8-16-7-2-4-15-16/h2,4,7,10-11,13H,3,5-6,8-9H2,1H3,(H,14,17). The topological polar surface area (TPSA) is 59.0 Å². The van der Waals surface area contributed by atoms with Crippen LogP contribution in [0.1, 0.15) is 19.8 Å². The zero-order valence-electron chi connectivity index (χ0n) is 10.2. The molecule has 2 unspecified atom stereocenters. The van der Waals surface area contributed by atoms with Crippen LogP contribution in [0.2, 0.25) is 0 Å². The van der Waals surface area contributed by atoms with Crippen LogP contribution in [0.4, 0.5) is 0 Å². The summed E-state index contributed by atoms with van der Waals surface area (Å²) in [5, 5.41) is 10.3. The van der Waals surface area contributed by atoms with E-state index in [-0.39, 0.29) is 11.9 Å². The molecule has 1 aromatic heterocycles. The maximum atomic E-state index is 11.9. The number of piperidine rings is 1. The highest BCUT2D eigenvalue weighted by molar-refractivity contribution is 5.81. The number of hydrogen-bond donors (Lipinski definition) is 2. The number of carbonyl (C=O) groups is 1. The molecule has 5 heteroatoms. The lowest BCUT2D eigenvalue weighted by Gasteiger charge is -2.27. The van der Waals surface area contributed by atoms with Crippen LogP contribution in [0.25, 0.3) is 0 Å². The summed E-state index contributed by atoms with van der Waals surface area (Å²) in [6, 6.07) is 1.86. The smallest absolute Gasteiger partial charge is 0.237 e. The van der Waals surface area contributed by atoms with Crippen molar-refractivity contribution in [3.8, 4) is 0 Å². The van der Waals surface area contributed by atoms with E-state index in [1.807, 2.05) is 16.9 Å². The van der Waals surface area contributed by atoms with Crippen molar-refractivity contribution in [2.24, 2.45) is 5.92 Å². The van der Waals surface area contributed by atoms with Gasteiger partial charge in [-0.3, -0.25) is 9.48 Å². The minimum absolute atomic E-state index is 0.0172. The summed E-state index contributed by atoms with van der Waals surface area (Å²) in [4.78, 5) is 11.9. The van der Waals surface area contributed by atoms with Gasteiger partial charge >= 0.3 is 0 Å². The third kappa shape index (κ3) is 3.56. The molecule has 2 atom stereocenters. The summed E-state index contributed by atoms with van der Waals surface area (Å²) < 4.78 is 1.82. The molecule has 2 heterocycles. The molecule has 1 saturated heterocycles. The largest absolute Gasteiger partial charge is 0.353 e. The quantitative estimate of drug-likeness (QED) is 0.795. The molecule has 0 radical (unpaired) electrons. The first-order valence-electron chi connectivity index (χ1n) is 6.24. The second kappa shape index (κ2) is 5.82. The van der Waals surface area contributed by atoms with Crippen molar-refractivity contribution in [3.63, 3.8) is 0 Å². The molecule has 2 rings (SSSR count). The molecule has 0 spiro atoms.